The van der Waals surface area contributed by atoms with Gasteiger partial charge < -0.3 is 10.2 Å². The zero-order valence-corrected chi connectivity index (χ0v) is 17.8. The summed E-state index contributed by atoms with van der Waals surface area (Å²) in [4.78, 5) is 28.4. The van der Waals surface area contributed by atoms with Crippen LogP contribution in [0.25, 0.3) is 22.4 Å². The van der Waals surface area contributed by atoms with Gasteiger partial charge in [-0.25, -0.2) is 4.68 Å². The zero-order valence-electron chi connectivity index (χ0n) is 17.8. The van der Waals surface area contributed by atoms with E-state index in [1.165, 1.54) is 4.68 Å². The van der Waals surface area contributed by atoms with Crippen molar-refractivity contribution in [2.24, 2.45) is 0 Å². The van der Waals surface area contributed by atoms with Crippen molar-refractivity contribution in [3.05, 3.63) is 76.6 Å². The lowest BCUT2D eigenvalue weighted by molar-refractivity contribution is 0.0950. The largest absolute Gasteiger partial charge is 0.352 e. The average Bonchev–Trinajstić information content (AvgIpc) is 2.77. The van der Waals surface area contributed by atoms with E-state index in [2.05, 4.69) is 15.3 Å². The molecule has 30 heavy (non-hydrogen) atoms. The second-order valence-corrected chi connectivity index (χ2v) is 7.36. The molecule has 6 heteroatoms. The molecule has 156 valence electrons. The first kappa shape index (κ1) is 21.5. The van der Waals surface area contributed by atoms with Crippen molar-refractivity contribution in [3.63, 3.8) is 0 Å². The topological polar surface area (TPSA) is 67.2 Å². The van der Waals surface area contributed by atoms with Gasteiger partial charge in [-0.15, -0.1) is 0 Å². The highest BCUT2D eigenvalue weighted by Crippen LogP contribution is 2.31. The monoisotopic (exact) mass is 404 g/mol. The Hall–Kier alpha value is -3.25. The van der Waals surface area contributed by atoms with Crippen LogP contribution in [0.2, 0.25) is 0 Å². The molecule has 3 aromatic rings. The Labute approximate surface area is 177 Å². The molecule has 1 amide bonds. The lowest BCUT2D eigenvalue weighted by Crippen LogP contribution is -2.36. The van der Waals surface area contributed by atoms with Crippen LogP contribution in [0.3, 0.4) is 0 Å². The Kier molecular flexibility index (Phi) is 7.14. The van der Waals surface area contributed by atoms with Crippen LogP contribution in [0.1, 0.15) is 23.7 Å². The number of nitrogens with zero attached hydrogens (tertiary/aromatic N) is 3. The van der Waals surface area contributed by atoms with Crippen LogP contribution in [0.15, 0.2) is 65.5 Å². The number of nitrogens with one attached hydrogen (secondary N) is 1. The third-order valence-corrected chi connectivity index (χ3v) is 4.86. The van der Waals surface area contributed by atoms with Crippen LogP contribution >= 0.6 is 0 Å². The van der Waals surface area contributed by atoms with E-state index in [1.807, 2.05) is 81.7 Å². The van der Waals surface area contributed by atoms with Crippen molar-refractivity contribution < 1.29 is 4.79 Å². The molecule has 0 saturated carbocycles. The summed E-state index contributed by atoms with van der Waals surface area (Å²) in [5, 5.41) is 7.55. The number of hydrogen-bond donors (Lipinski definition) is 1. The highest BCUT2D eigenvalue weighted by Gasteiger charge is 2.24. The van der Waals surface area contributed by atoms with Gasteiger partial charge in [0, 0.05) is 24.2 Å². The lowest BCUT2D eigenvalue weighted by Gasteiger charge is -2.17. The maximum Gasteiger partial charge on any atom is 0.280 e. The Morgan fingerprint density at radius 2 is 1.60 bits per heavy atom. The van der Waals surface area contributed by atoms with Gasteiger partial charge in [0.25, 0.3) is 11.5 Å². The molecule has 0 aliphatic carbocycles. The van der Waals surface area contributed by atoms with Crippen LogP contribution in [-0.2, 0) is 6.54 Å². The number of benzene rings is 2. The molecule has 2 aromatic carbocycles. The second kappa shape index (κ2) is 9.98. The molecule has 1 N–H and O–H groups in total. The minimum absolute atomic E-state index is 0.141. The first-order chi connectivity index (χ1) is 14.5. The number of aryl methyl sites for hydroxylation is 1. The summed E-state index contributed by atoms with van der Waals surface area (Å²) in [6.45, 7) is 3.59. The van der Waals surface area contributed by atoms with Gasteiger partial charge in [0.1, 0.15) is 5.56 Å². The minimum Gasteiger partial charge on any atom is -0.352 e. The summed E-state index contributed by atoms with van der Waals surface area (Å²) in [7, 11) is 3.98. The predicted octanol–water partition coefficient (Wildman–Crippen LogP) is 3.28. The average molecular weight is 405 g/mol. The number of amides is 1. The minimum atomic E-state index is -0.374. The van der Waals surface area contributed by atoms with Crippen LogP contribution in [-0.4, -0.2) is 47.8 Å². The Morgan fingerprint density at radius 3 is 2.17 bits per heavy atom. The number of carbonyl (C=O) groups is 1. The van der Waals surface area contributed by atoms with Crippen LogP contribution in [0.4, 0.5) is 0 Å². The maximum absolute atomic E-state index is 13.2. The Morgan fingerprint density at radius 1 is 1.00 bits per heavy atom. The third-order valence-electron chi connectivity index (χ3n) is 4.86. The van der Waals surface area contributed by atoms with E-state index in [-0.39, 0.29) is 17.0 Å². The molecule has 0 unspecified atom stereocenters. The van der Waals surface area contributed by atoms with Gasteiger partial charge in [-0.05, 0) is 39.5 Å². The fourth-order valence-electron chi connectivity index (χ4n) is 3.37. The van der Waals surface area contributed by atoms with E-state index in [0.717, 1.165) is 24.1 Å². The van der Waals surface area contributed by atoms with Crippen molar-refractivity contribution >= 4 is 5.91 Å². The summed E-state index contributed by atoms with van der Waals surface area (Å²) < 4.78 is 1.36. The zero-order chi connectivity index (χ0) is 21.5. The van der Waals surface area contributed by atoms with Gasteiger partial charge in [0.2, 0.25) is 0 Å². The van der Waals surface area contributed by atoms with Crippen molar-refractivity contribution in [2.45, 2.75) is 19.9 Å². The molecule has 0 bridgehead atoms. The maximum atomic E-state index is 13.2. The molecule has 0 spiro atoms. The van der Waals surface area contributed by atoms with Gasteiger partial charge in [-0.1, -0.05) is 60.7 Å². The molecule has 1 aromatic heterocycles. The predicted molar refractivity (Wildman–Crippen MR) is 121 cm³/mol. The van der Waals surface area contributed by atoms with Crippen molar-refractivity contribution in [1.29, 1.82) is 0 Å². The van der Waals surface area contributed by atoms with Gasteiger partial charge in [-0.2, -0.15) is 5.10 Å². The number of rotatable bonds is 8. The number of aromatic nitrogens is 2. The Balaban J connectivity index is 2.16. The van der Waals surface area contributed by atoms with Gasteiger partial charge >= 0.3 is 0 Å². The number of hydrogen-bond acceptors (Lipinski definition) is 4. The molecule has 0 aliphatic rings. The molecule has 0 saturated heterocycles. The van der Waals surface area contributed by atoms with Crippen molar-refractivity contribution in [3.8, 4) is 22.4 Å². The van der Waals surface area contributed by atoms with E-state index in [4.69, 9.17) is 0 Å². The molecule has 0 aliphatic heterocycles. The fraction of sp³-hybridized carbons (Fsp3) is 0.292. The van der Waals surface area contributed by atoms with E-state index in [1.54, 1.807) is 0 Å². The molecule has 1 heterocycles. The molecule has 0 fully saturated rings. The van der Waals surface area contributed by atoms with Gasteiger partial charge in [0.15, 0.2) is 0 Å². The summed E-state index contributed by atoms with van der Waals surface area (Å²) in [6, 6.07) is 19.2. The summed E-state index contributed by atoms with van der Waals surface area (Å²) in [5.41, 5.74) is 2.62. The molecule has 0 atom stereocenters. The van der Waals surface area contributed by atoms with E-state index < -0.39 is 0 Å². The fourth-order valence-corrected chi connectivity index (χ4v) is 3.37. The van der Waals surface area contributed by atoms with Crippen LogP contribution < -0.4 is 10.9 Å². The first-order valence-electron chi connectivity index (χ1n) is 10.2. The molecule has 3 rings (SSSR count). The summed E-state index contributed by atoms with van der Waals surface area (Å²) >= 11 is 0. The normalized spacial score (nSPS) is 10.9. The van der Waals surface area contributed by atoms with E-state index >= 15 is 0 Å². The van der Waals surface area contributed by atoms with Gasteiger partial charge in [-0.3, -0.25) is 9.59 Å². The molecular formula is C24H28N4O2. The summed E-state index contributed by atoms with van der Waals surface area (Å²) in [6.07, 6.45) is 0.804. The quantitative estimate of drug-likeness (QED) is 0.585. The van der Waals surface area contributed by atoms with Crippen LogP contribution in [0.5, 0.6) is 0 Å². The number of carbonyl (C=O) groups excluding carboxylic acids is 1. The molecular weight excluding hydrogens is 376 g/mol. The van der Waals surface area contributed by atoms with Crippen LogP contribution in [0, 0.1) is 0 Å². The van der Waals surface area contributed by atoms with Gasteiger partial charge in [0.05, 0.1) is 5.69 Å². The molecule has 0 radical (unpaired) electrons. The highest BCUT2D eigenvalue weighted by atomic mass is 16.2. The molecule has 6 nitrogen and oxygen atoms in total. The lowest BCUT2D eigenvalue weighted by atomic mass is 9.95. The third kappa shape index (κ3) is 4.83. The van der Waals surface area contributed by atoms with Crippen molar-refractivity contribution in [2.75, 3.05) is 27.2 Å². The van der Waals surface area contributed by atoms with E-state index in [9.17, 15) is 9.59 Å². The van der Waals surface area contributed by atoms with E-state index in [0.29, 0.717) is 24.3 Å². The first-order valence-corrected chi connectivity index (χ1v) is 10.2. The highest BCUT2D eigenvalue weighted by molar-refractivity contribution is 6.03. The summed E-state index contributed by atoms with van der Waals surface area (Å²) in [5.74, 6) is -0.362. The standard InChI is InChI=1S/C24H28N4O2/c1-4-28-24(30)21(23(29)25-16-11-17-27(2)3)20(18-12-7-5-8-13-18)22(26-28)19-14-9-6-10-15-19/h5-10,12-15H,4,11,16-17H2,1-3H3,(H,25,29). The van der Waals surface area contributed by atoms with Crippen molar-refractivity contribution in [1.82, 2.24) is 20.0 Å². The second-order valence-electron chi connectivity index (χ2n) is 7.36. The smallest absolute Gasteiger partial charge is 0.280 e. The Bertz CT molecular complexity index is 1040. The SMILES string of the molecule is CCn1nc(-c2ccccc2)c(-c2ccccc2)c(C(=O)NCCCN(C)C)c1=O.